The molecule has 0 unspecified atom stereocenters. The van der Waals surface area contributed by atoms with Crippen molar-refractivity contribution in [3.8, 4) is 0 Å². The predicted octanol–water partition coefficient (Wildman–Crippen LogP) is 4.18. The highest BCUT2D eigenvalue weighted by Crippen LogP contribution is 2.22. The summed E-state index contributed by atoms with van der Waals surface area (Å²) in [6.45, 7) is -1.58. The van der Waals surface area contributed by atoms with E-state index in [1.807, 2.05) is 0 Å². The van der Waals surface area contributed by atoms with Gasteiger partial charge in [0.1, 0.15) is 12.4 Å². The number of hydrogen-bond donors (Lipinski definition) is 0. The Hall–Kier alpha value is -0.590. The molecule has 0 N–H and O–H groups in total. The van der Waals surface area contributed by atoms with Gasteiger partial charge in [0.05, 0.1) is 6.61 Å². The van der Waals surface area contributed by atoms with Crippen LogP contribution >= 0.6 is 27.5 Å². The lowest BCUT2D eigenvalue weighted by molar-refractivity contribution is -0.174. The maximum atomic E-state index is 11.8. The summed E-state index contributed by atoms with van der Waals surface area (Å²) in [4.78, 5) is 11.5. The van der Waals surface area contributed by atoms with Crippen molar-refractivity contribution in [2.75, 3.05) is 13.2 Å². The van der Waals surface area contributed by atoms with E-state index in [9.17, 15) is 18.0 Å². The van der Waals surface area contributed by atoms with Crippen LogP contribution in [0, 0.1) is 0 Å². The van der Waals surface area contributed by atoms with Crippen LogP contribution in [-0.2, 0) is 16.0 Å². The van der Waals surface area contributed by atoms with E-state index >= 15 is 0 Å². The van der Waals surface area contributed by atoms with Crippen LogP contribution in [0.25, 0.3) is 0 Å². The van der Waals surface area contributed by atoms with Gasteiger partial charge >= 0.3 is 6.18 Å². The van der Waals surface area contributed by atoms with Crippen molar-refractivity contribution in [1.29, 1.82) is 0 Å². The molecule has 7 heteroatoms. The summed E-state index contributed by atoms with van der Waals surface area (Å²) < 4.78 is 40.5. The van der Waals surface area contributed by atoms with Gasteiger partial charge in [-0.05, 0) is 17.7 Å². The molecule has 2 nitrogen and oxygen atoms in total. The number of benzene rings is 1. The van der Waals surface area contributed by atoms with Gasteiger partial charge in [0.2, 0.25) is 0 Å². The van der Waals surface area contributed by atoms with E-state index < -0.39 is 12.8 Å². The van der Waals surface area contributed by atoms with E-state index in [1.54, 1.807) is 18.2 Å². The Kier molecular flexibility index (Phi) is 6.29. The van der Waals surface area contributed by atoms with Crippen LogP contribution in [-0.4, -0.2) is 25.2 Å². The number of halogens is 5. The third-order valence-corrected chi connectivity index (χ3v) is 3.04. The Balaban J connectivity index is 2.35. The van der Waals surface area contributed by atoms with Crippen LogP contribution in [0.5, 0.6) is 0 Å². The largest absolute Gasteiger partial charge is 0.411 e. The second-order valence-electron chi connectivity index (χ2n) is 3.87. The van der Waals surface area contributed by atoms with Gasteiger partial charge in [-0.3, -0.25) is 4.79 Å². The van der Waals surface area contributed by atoms with Crippen molar-refractivity contribution in [3.63, 3.8) is 0 Å². The van der Waals surface area contributed by atoms with Crippen molar-refractivity contribution in [1.82, 2.24) is 0 Å². The van der Waals surface area contributed by atoms with E-state index in [0.717, 1.165) is 4.47 Å². The zero-order valence-corrected chi connectivity index (χ0v) is 12.1. The summed E-state index contributed by atoms with van der Waals surface area (Å²) in [5.41, 5.74) is 0.644. The average Bonchev–Trinajstić information content (AvgIpc) is 2.27. The number of carbonyl (C=O) groups excluding carboxylic acids is 1. The summed E-state index contributed by atoms with van der Waals surface area (Å²) in [7, 11) is 0. The van der Waals surface area contributed by atoms with Gasteiger partial charge in [0, 0.05) is 22.3 Å². The third-order valence-electron chi connectivity index (χ3n) is 2.19. The Morgan fingerprint density at radius 3 is 2.63 bits per heavy atom. The minimum Gasteiger partial charge on any atom is -0.372 e. The molecular weight excluding hydrogens is 348 g/mol. The maximum absolute atomic E-state index is 11.8. The van der Waals surface area contributed by atoms with E-state index in [4.69, 9.17) is 11.6 Å². The molecule has 0 fully saturated rings. The SMILES string of the molecule is O=C(CCOCC(F)(F)F)Cc1ccc(Br)cc1Cl. The Morgan fingerprint density at radius 1 is 1.37 bits per heavy atom. The topological polar surface area (TPSA) is 26.3 Å². The first-order valence-corrected chi connectivity index (χ1v) is 6.55. The number of alkyl halides is 3. The second-order valence-corrected chi connectivity index (χ2v) is 5.19. The van der Waals surface area contributed by atoms with E-state index in [2.05, 4.69) is 20.7 Å². The fourth-order valence-electron chi connectivity index (χ4n) is 1.34. The first kappa shape index (κ1) is 16.5. The van der Waals surface area contributed by atoms with Crippen molar-refractivity contribution in [2.45, 2.75) is 19.0 Å². The fraction of sp³-hybridized carbons (Fsp3) is 0.417. The second kappa shape index (κ2) is 7.26. The molecule has 106 valence electrons. The number of carbonyl (C=O) groups is 1. The highest BCUT2D eigenvalue weighted by atomic mass is 79.9. The monoisotopic (exact) mass is 358 g/mol. The summed E-state index contributed by atoms with van der Waals surface area (Å²) in [6.07, 6.45) is -4.35. The summed E-state index contributed by atoms with van der Waals surface area (Å²) in [5.74, 6) is -0.216. The van der Waals surface area contributed by atoms with Gasteiger partial charge < -0.3 is 4.74 Å². The van der Waals surface area contributed by atoms with Crippen molar-refractivity contribution >= 4 is 33.3 Å². The molecule has 0 amide bonds. The molecule has 0 saturated carbocycles. The first-order valence-electron chi connectivity index (χ1n) is 5.38. The molecule has 0 radical (unpaired) electrons. The molecule has 19 heavy (non-hydrogen) atoms. The van der Waals surface area contributed by atoms with Crippen molar-refractivity contribution < 1.29 is 22.7 Å². The molecule has 0 aliphatic heterocycles. The van der Waals surface area contributed by atoms with Gasteiger partial charge in [-0.1, -0.05) is 33.6 Å². The highest BCUT2D eigenvalue weighted by molar-refractivity contribution is 9.10. The molecule has 0 spiro atoms. The number of Topliss-reactive ketones (excluding diaryl/α,β-unsaturated/α-hetero) is 1. The molecule has 1 rings (SSSR count). The Morgan fingerprint density at radius 2 is 2.05 bits per heavy atom. The summed E-state index contributed by atoms with van der Waals surface area (Å²) in [5, 5.41) is 0.443. The molecule has 0 aliphatic carbocycles. The lowest BCUT2D eigenvalue weighted by Gasteiger charge is -2.07. The molecule has 0 heterocycles. The minimum absolute atomic E-state index is 0.0670. The fourth-order valence-corrected chi connectivity index (χ4v) is 2.08. The predicted molar refractivity (Wildman–Crippen MR) is 69.4 cm³/mol. The Labute approximate surface area is 122 Å². The molecule has 1 aromatic carbocycles. The van der Waals surface area contributed by atoms with Gasteiger partial charge in [0.25, 0.3) is 0 Å². The molecule has 1 aromatic rings. The van der Waals surface area contributed by atoms with Crippen LogP contribution in [0.2, 0.25) is 5.02 Å². The lowest BCUT2D eigenvalue weighted by Crippen LogP contribution is -2.18. The third kappa shape index (κ3) is 6.94. The van der Waals surface area contributed by atoms with Crippen LogP contribution in [0.3, 0.4) is 0 Å². The lowest BCUT2D eigenvalue weighted by atomic mass is 10.1. The number of ether oxygens (including phenoxy) is 1. The summed E-state index contributed by atoms with van der Waals surface area (Å²) >= 11 is 9.17. The van der Waals surface area contributed by atoms with Crippen LogP contribution in [0.4, 0.5) is 13.2 Å². The van der Waals surface area contributed by atoms with Gasteiger partial charge in [-0.25, -0.2) is 0 Å². The normalized spacial score (nSPS) is 11.6. The van der Waals surface area contributed by atoms with Gasteiger partial charge in [-0.2, -0.15) is 13.2 Å². The molecule has 0 aromatic heterocycles. The average molecular weight is 360 g/mol. The molecule has 0 aliphatic rings. The van der Waals surface area contributed by atoms with Crippen molar-refractivity contribution in [2.24, 2.45) is 0 Å². The quantitative estimate of drug-likeness (QED) is 0.712. The van der Waals surface area contributed by atoms with Crippen molar-refractivity contribution in [3.05, 3.63) is 33.3 Å². The van der Waals surface area contributed by atoms with E-state index in [1.165, 1.54) is 0 Å². The van der Waals surface area contributed by atoms with Crippen LogP contribution in [0.15, 0.2) is 22.7 Å². The molecule has 0 bridgehead atoms. The van der Waals surface area contributed by atoms with E-state index in [0.29, 0.717) is 10.6 Å². The van der Waals surface area contributed by atoms with Gasteiger partial charge in [0.15, 0.2) is 0 Å². The molecule has 0 atom stereocenters. The summed E-state index contributed by atoms with van der Waals surface area (Å²) in [6, 6.07) is 5.10. The van der Waals surface area contributed by atoms with Crippen LogP contribution in [0.1, 0.15) is 12.0 Å². The first-order chi connectivity index (χ1) is 8.78. The number of rotatable bonds is 6. The zero-order chi connectivity index (χ0) is 14.5. The van der Waals surface area contributed by atoms with Gasteiger partial charge in [-0.15, -0.1) is 0 Å². The molecular formula is C12H11BrClF3O2. The smallest absolute Gasteiger partial charge is 0.372 e. The van der Waals surface area contributed by atoms with E-state index in [-0.39, 0.29) is 25.2 Å². The number of ketones is 1. The maximum Gasteiger partial charge on any atom is 0.411 e. The molecule has 0 saturated heterocycles. The zero-order valence-electron chi connectivity index (χ0n) is 9.77. The van der Waals surface area contributed by atoms with Crippen LogP contribution < -0.4 is 0 Å². The minimum atomic E-state index is -4.36. The standard InChI is InChI=1S/C12H11BrClF3O2/c13-9-2-1-8(11(14)6-9)5-10(18)3-4-19-7-12(15,16)17/h1-2,6H,3-5,7H2. The highest BCUT2D eigenvalue weighted by Gasteiger charge is 2.27. The number of hydrogen-bond acceptors (Lipinski definition) is 2. The Bertz CT molecular complexity index is 449.